The lowest BCUT2D eigenvalue weighted by atomic mass is 10.1. The van der Waals surface area contributed by atoms with Crippen molar-refractivity contribution in [1.29, 1.82) is 0 Å². The summed E-state index contributed by atoms with van der Waals surface area (Å²) in [6.07, 6.45) is 3.44. The highest BCUT2D eigenvalue weighted by molar-refractivity contribution is 5.76. The third kappa shape index (κ3) is 2.78. The number of aryl methyl sites for hydroxylation is 1. The Kier molecular flexibility index (Phi) is 4.81. The average Bonchev–Trinajstić information content (AvgIpc) is 2.77. The normalized spacial score (nSPS) is 9.80. The lowest BCUT2D eigenvalue weighted by Crippen LogP contribution is -1.86. The summed E-state index contributed by atoms with van der Waals surface area (Å²) >= 11 is 0. The topological polar surface area (TPSA) is 38.9 Å². The predicted molar refractivity (Wildman–Crippen MR) is 61.8 cm³/mol. The fourth-order valence-corrected chi connectivity index (χ4v) is 1.43. The van der Waals surface area contributed by atoms with Crippen LogP contribution >= 0.6 is 0 Å². The van der Waals surface area contributed by atoms with Gasteiger partial charge in [0.25, 0.3) is 0 Å². The summed E-state index contributed by atoms with van der Waals surface area (Å²) in [6.45, 7) is 6.18. The Bertz CT molecular complexity index is 395. The van der Waals surface area contributed by atoms with Crippen LogP contribution in [0.3, 0.4) is 0 Å². The van der Waals surface area contributed by atoms with Crippen LogP contribution in [0.2, 0.25) is 0 Å². The molecule has 15 heavy (non-hydrogen) atoms. The van der Waals surface area contributed by atoms with Gasteiger partial charge in [0, 0.05) is 0 Å². The van der Waals surface area contributed by atoms with E-state index < -0.39 is 0 Å². The van der Waals surface area contributed by atoms with Gasteiger partial charge in [-0.1, -0.05) is 39.3 Å². The number of fused-ring (bicyclic) bond motifs is 1. The Labute approximate surface area is 90.4 Å². The van der Waals surface area contributed by atoms with Gasteiger partial charge in [-0.2, -0.15) is 0 Å². The van der Waals surface area contributed by atoms with Crippen LogP contribution in [0.15, 0.2) is 22.8 Å². The molecule has 0 saturated carbocycles. The highest BCUT2D eigenvalue weighted by Crippen LogP contribution is 2.16. The van der Waals surface area contributed by atoms with E-state index >= 15 is 0 Å². The molecule has 0 radical (unpaired) electrons. The summed E-state index contributed by atoms with van der Waals surface area (Å²) < 4.78 is 4.69. The molecule has 0 saturated heterocycles. The van der Waals surface area contributed by atoms with Gasteiger partial charge in [-0.3, -0.25) is 0 Å². The maximum atomic E-state index is 4.69. The van der Waals surface area contributed by atoms with E-state index in [1.807, 2.05) is 26.0 Å². The van der Waals surface area contributed by atoms with Crippen molar-refractivity contribution >= 4 is 11.0 Å². The van der Waals surface area contributed by atoms with Crippen LogP contribution in [0.25, 0.3) is 11.0 Å². The highest BCUT2D eigenvalue weighted by atomic mass is 16.6. The van der Waals surface area contributed by atoms with Crippen molar-refractivity contribution in [3.63, 3.8) is 0 Å². The molecule has 0 spiro atoms. The maximum absolute atomic E-state index is 4.69. The van der Waals surface area contributed by atoms with Gasteiger partial charge in [-0.15, -0.1) is 0 Å². The number of unbranched alkanes of at least 4 members (excludes halogenated alkanes) is 1. The third-order valence-corrected chi connectivity index (χ3v) is 2.17. The second-order valence-corrected chi connectivity index (χ2v) is 3.15. The summed E-state index contributed by atoms with van der Waals surface area (Å²) in [5, 5.41) is 7.69. The molecule has 0 aliphatic rings. The summed E-state index contributed by atoms with van der Waals surface area (Å²) in [5.74, 6) is 0. The van der Waals surface area contributed by atoms with Crippen LogP contribution in [0.1, 0.15) is 39.2 Å². The zero-order valence-corrected chi connectivity index (χ0v) is 9.66. The Hall–Kier alpha value is -1.38. The molecular formula is C12H18N2O. The molecule has 3 nitrogen and oxygen atoms in total. The molecule has 0 atom stereocenters. The standard InChI is InChI=1S/C10H12N2O.C2H6/c1-2-3-5-8-6-4-7-9-10(8)12-13-11-9;1-2/h4,6-7H,2-3,5H2,1H3;1-2H3. The number of hydrogen-bond acceptors (Lipinski definition) is 3. The third-order valence-electron chi connectivity index (χ3n) is 2.17. The van der Waals surface area contributed by atoms with Crippen LogP contribution in [0.5, 0.6) is 0 Å². The number of benzene rings is 1. The van der Waals surface area contributed by atoms with Gasteiger partial charge >= 0.3 is 0 Å². The molecule has 3 heteroatoms. The average molecular weight is 206 g/mol. The van der Waals surface area contributed by atoms with Crippen molar-refractivity contribution < 1.29 is 4.63 Å². The largest absolute Gasteiger partial charge is 0.243 e. The van der Waals surface area contributed by atoms with Crippen molar-refractivity contribution in [2.24, 2.45) is 0 Å². The second kappa shape index (κ2) is 6.17. The first-order valence-corrected chi connectivity index (χ1v) is 5.62. The minimum absolute atomic E-state index is 0.855. The van der Waals surface area contributed by atoms with E-state index in [4.69, 9.17) is 0 Å². The summed E-state index contributed by atoms with van der Waals surface area (Å²) in [5.41, 5.74) is 3.00. The Balaban J connectivity index is 0.000000531. The molecule has 2 aromatic rings. The van der Waals surface area contributed by atoms with Crippen molar-refractivity contribution in [2.75, 3.05) is 0 Å². The molecule has 0 bridgehead atoms. The molecule has 0 aliphatic heterocycles. The van der Waals surface area contributed by atoms with E-state index in [1.54, 1.807) is 0 Å². The predicted octanol–water partition coefficient (Wildman–Crippen LogP) is 3.59. The molecule has 2 rings (SSSR count). The van der Waals surface area contributed by atoms with E-state index in [1.165, 1.54) is 18.4 Å². The van der Waals surface area contributed by atoms with Gasteiger partial charge in [-0.05, 0) is 34.8 Å². The molecule has 0 aliphatic carbocycles. The molecule has 0 N–H and O–H groups in total. The minimum atomic E-state index is 0.855. The number of nitrogens with zero attached hydrogens (tertiary/aromatic N) is 2. The number of hydrogen-bond donors (Lipinski definition) is 0. The first-order chi connectivity index (χ1) is 7.42. The van der Waals surface area contributed by atoms with E-state index in [0.29, 0.717) is 0 Å². The molecule has 1 heterocycles. The van der Waals surface area contributed by atoms with Crippen molar-refractivity contribution in [3.05, 3.63) is 23.8 Å². The van der Waals surface area contributed by atoms with E-state index in [0.717, 1.165) is 17.5 Å². The maximum Gasteiger partial charge on any atom is 0.138 e. The van der Waals surface area contributed by atoms with E-state index in [-0.39, 0.29) is 0 Å². The minimum Gasteiger partial charge on any atom is -0.243 e. The molecule has 0 fully saturated rings. The van der Waals surface area contributed by atoms with Crippen LogP contribution in [0.4, 0.5) is 0 Å². The number of rotatable bonds is 3. The lowest BCUT2D eigenvalue weighted by Gasteiger charge is -1.97. The molecule has 82 valence electrons. The van der Waals surface area contributed by atoms with Crippen molar-refractivity contribution in [2.45, 2.75) is 40.0 Å². The monoisotopic (exact) mass is 206 g/mol. The summed E-state index contributed by atoms with van der Waals surface area (Å²) in [4.78, 5) is 0. The van der Waals surface area contributed by atoms with Crippen LogP contribution < -0.4 is 0 Å². The van der Waals surface area contributed by atoms with E-state index in [9.17, 15) is 0 Å². The van der Waals surface area contributed by atoms with Gasteiger partial charge < -0.3 is 0 Å². The SMILES string of the molecule is CC.CCCCc1cccc2nonc12. The summed E-state index contributed by atoms with van der Waals surface area (Å²) in [6, 6.07) is 6.00. The van der Waals surface area contributed by atoms with Gasteiger partial charge in [0.05, 0.1) is 0 Å². The Morgan fingerprint density at radius 2 is 2.00 bits per heavy atom. The lowest BCUT2D eigenvalue weighted by molar-refractivity contribution is 0.315. The second-order valence-electron chi connectivity index (χ2n) is 3.15. The van der Waals surface area contributed by atoms with Crippen molar-refractivity contribution in [1.82, 2.24) is 10.3 Å². The fraction of sp³-hybridized carbons (Fsp3) is 0.500. The summed E-state index contributed by atoms with van der Waals surface area (Å²) in [7, 11) is 0. The van der Waals surface area contributed by atoms with Gasteiger partial charge in [-0.25, -0.2) is 4.63 Å². The zero-order valence-electron chi connectivity index (χ0n) is 9.66. The zero-order chi connectivity index (χ0) is 11.1. The van der Waals surface area contributed by atoms with E-state index in [2.05, 4.69) is 27.9 Å². The molecule has 1 aromatic heterocycles. The quantitative estimate of drug-likeness (QED) is 0.770. The smallest absolute Gasteiger partial charge is 0.138 e. The fourth-order valence-electron chi connectivity index (χ4n) is 1.43. The van der Waals surface area contributed by atoms with Gasteiger partial charge in [0.1, 0.15) is 11.0 Å². The first-order valence-electron chi connectivity index (χ1n) is 5.62. The van der Waals surface area contributed by atoms with Crippen LogP contribution in [-0.4, -0.2) is 10.3 Å². The molecule has 0 amide bonds. The number of aromatic nitrogens is 2. The van der Waals surface area contributed by atoms with Crippen molar-refractivity contribution in [3.8, 4) is 0 Å². The van der Waals surface area contributed by atoms with Crippen LogP contribution in [0, 0.1) is 0 Å². The molecule has 0 unspecified atom stereocenters. The molecular weight excluding hydrogens is 188 g/mol. The highest BCUT2D eigenvalue weighted by Gasteiger charge is 2.04. The van der Waals surface area contributed by atoms with Gasteiger partial charge in [0.2, 0.25) is 0 Å². The Morgan fingerprint density at radius 3 is 2.73 bits per heavy atom. The first kappa shape index (κ1) is 11.7. The van der Waals surface area contributed by atoms with Gasteiger partial charge in [0.15, 0.2) is 0 Å². The van der Waals surface area contributed by atoms with Crippen LogP contribution in [-0.2, 0) is 6.42 Å². The molecule has 1 aromatic carbocycles. The Morgan fingerprint density at radius 1 is 1.20 bits per heavy atom.